The van der Waals surface area contributed by atoms with Crippen molar-refractivity contribution in [3.05, 3.63) is 65.9 Å². The van der Waals surface area contributed by atoms with Crippen molar-refractivity contribution in [2.45, 2.75) is 38.6 Å². The number of aryl methyl sites for hydroxylation is 3. The molecule has 3 heterocycles. The highest BCUT2D eigenvalue weighted by molar-refractivity contribution is 7.92. The summed E-state index contributed by atoms with van der Waals surface area (Å²) in [6.07, 6.45) is 5.44. The molecule has 0 radical (unpaired) electrons. The quantitative estimate of drug-likeness (QED) is 0.520. The van der Waals surface area contributed by atoms with Crippen LogP contribution in [0.15, 0.2) is 53.9 Å². The number of anilines is 1. The van der Waals surface area contributed by atoms with Crippen molar-refractivity contribution >= 4 is 21.4 Å². The van der Waals surface area contributed by atoms with E-state index < -0.39 is 10.0 Å². The lowest BCUT2D eigenvalue weighted by Crippen LogP contribution is -2.14. The van der Waals surface area contributed by atoms with Crippen LogP contribution in [-0.4, -0.2) is 27.4 Å². The molecule has 0 spiro atoms. The smallest absolute Gasteiger partial charge is 0.280 e. The fourth-order valence-electron chi connectivity index (χ4n) is 3.50. The largest absolute Gasteiger partial charge is 0.336 e. The number of fused-ring (bicyclic) bond motifs is 1. The molecule has 1 N–H and O–H groups in total. The van der Waals surface area contributed by atoms with Gasteiger partial charge in [0.1, 0.15) is 11.5 Å². The van der Waals surface area contributed by atoms with Crippen LogP contribution in [0.2, 0.25) is 0 Å². The van der Waals surface area contributed by atoms with Crippen LogP contribution in [0, 0.1) is 13.8 Å². The van der Waals surface area contributed by atoms with Gasteiger partial charge in [0.25, 0.3) is 10.0 Å². The van der Waals surface area contributed by atoms with E-state index in [1.165, 1.54) is 0 Å². The summed E-state index contributed by atoms with van der Waals surface area (Å²) in [5.74, 6) is 0.850. The van der Waals surface area contributed by atoms with E-state index >= 15 is 0 Å². The molecule has 0 aliphatic carbocycles. The second kappa shape index (κ2) is 7.28. The fourth-order valence-corrected chi connectivity index (χ4v) is 4.62. The number of hydrogen-bond donors (Lipinski definition) is 1. The van der Waals surface area contributed by atoms with Gasteiger partial charge in [0.05, 0.1) is 11.4 Å². The first-order valence-electron chi connectivity index (χ1n) is 9.77. The maximum absolute atomic E-state index is 13.0. The first kappa shape index (κ1) is 20.2. The summed E-state index contributed by atoms with van der Waals surface area (Å²) in [5.41, 5.74) is 4.91. The Balaban J connectivity index is 1.71. The molecule has 0 saturated heterocycles. The van der Waals surface area contributed by atoms with E-state index in [2.05, 4.69) is 9.71 Å². The molecule has 0 amide bonds. The van der Waals surface area contributed by atoms with E-state index in [-0.39, 0.29) is 10.9 Å². The van der Waals surface area contributed by atoms with Crippen molar-refractivity contribution in [1.29, 1.82) is 0 Å². The molecular formula is C22H25N5O2S. The Morgan fingerprint density at radius 3 is 2.47 bits per heavy atom. The van der Waals surface area contributed by atoms with Gasteiger partial charge in [-0.2, -0.15) is 8.42 Å². The van der Waals surface area contributed by atoms with Gasteiger partial charge in [-0.15, -0.1) is 0 Å². The molecule has 0 unspecified atom stereocenters. The van der Waals surface area contributed by atoms with Gasteiger partial charge in [-0.05, 0) is 37.1 Å². The van der Waals surface area contributed by atoms with E-state index in [9.17, 15) is 8.42 Å². The zero-order valence-corrected chi connectivity index (χ0v) is 18.5. The lowest BCUT2D eigenvalue weighted by Gasteiger charge is -2.10. The molecule has 0 aliphatic rings. The van der Waals surface area contributed by atoms with E-state index in [0.717, 1.165) is 33.9 Å². The molecule has 4 aromatic rings. The molecule has 0 fully saturated rings. The zero-order valence-electron chi connectivity index (χ0n) is 17.7. The van der Waals surface area contributed by atoms with Gasteiger partial charge in [0, 0.05) is 37.1 Å². The van der Waals surface area contributed by atoms with Crippen molar-refractivity contribution in [2.75, 3.05) is 4.72 Å². The van der Waals surface area contributed by atoms with Crippen LogP contribution in [0.4, 0.5) is 5.69 Å². The number of rotatable bonds is 5. The number of benzene rings is 1. The predicted octanol–water partition coefficient (Wildman–Crippen LogP) is 4.28. The zero-order chi connectivity index (χ0) is 21.6. The van der Waals surface area contributed by atoms with E-state index in [4.69, 9.17) is 4.98 Å². The van der Waals surface area contributed by atoms with Crippen LogP contribution in [0.25, 0.3) is 16.9 Å². The molecule has 156 valence electrons. The monoisotopic (exact) mass is 423 g/mol. The SMILES string of the molecule is Cc1ccc(-c2cn3cccc(C)c3n2)cc1NS(=O)(=O)c1cn(C)c(C(C)C)n1. The van der Waals surface area contributed by atoms with Gasteiger partial charge in [0.2, 0.25) is 0 Å². The third kappa shape index (κ3) is 3.59. The Hall–Kier alpha value is -3.13. The normalized spacial score (nSPS) is 12.1. The second-order valence-electron chi connectivity index (χ2n) is 7.89. The highest BCUT2D eigenvalue weighted by Gasteiger charge is 2.22. The van der Waals surface area contributed by atoms with E-state index in [1.807, 2.05) is 74.8 Å². The number of imidazole rings is 2. The molecule has 0 bridgehead atoms. The highest BCUT2D eigenvalue weighted by Crippen LogP contribution is 2.28. The van der Waals surface area contributed by atoms with Gasteiger partial charge in [-0.25, -0.2) is 9.97 Å². The predicted molar refractivity (Wildman–Crippen MR) is 118 cm³/mol. The Morgan fingerprint density at radius 1 is 1.03 bits per heavy atom. The molecule has 1 aromatic carbocycles. The minimum Gasteiger partial charge on any atom is -0.336 e. The summed E-state index contributed by atoms with van der Waals surface area (Å²) in [5, 5.41) is 0.0156. The maximum atomic E-state index is 13.0. The van der Waals surface area contributed by atoms with Crippen LogP contribution < -0.4 is 4.72 Å². The van der Waals surface area contributed by atoms with Crippen LogP contribution in [0.1, 0.15) is 36.7 Å². The van der Waals surface area contributed by atoms with E-state index in [0.29, 0.717) is 5.69 Å². The minimum atomic E-state index is -3.81. The molecule has 3 aromatic heterocycles. The Morgan fingerprint density at radius 2 is 1.80 bits per heavy atom. The number of sulfonamides is 1. The third-order valence-electron chi connectivity index (χ3n) is 5.14. The average molecular weight is 424 g/mol. The van der Waals surface area contributed by atoms with Crippen LogP contribution >= 0.6 is 0 Å². The molecule has 7 nitrogen and oxygen atoms in total. The summed E-state index contributed by atoms with van der Waals surface area (Å²) >= 11 is 0. The van der Waals surface area contributed by atoms with Gasteiger partial charge in [-0.1, -0.05) is 32.0 Å². The first-order chi connectivity index (χ1) is 14.2. The van der Waals surface area contributed by atoms with Crippen molar-refractivity contribution in [2.24, 2.45) is 7.05 Å². The minimum absolute atomic E-state index is 0.0156. The molecule has 0 saturated carbocycles. The standard InChI is InChI=1S/C22H25N5O2S/c1-14(2)21-24-20(13-26(21)5)30(28,29)25-18-11-17(9-8-15(18)3)19-12-27-10-6-7-16(4)22(27)23-19/h6-14,25H,1-5H3. The molecular weight excluding hydrogens is 398 g/mol. The van der Waals surface area contributed by atoms with Gasteiger partial charge in [0.15, 0.2) is 5.03 Å². The van der Waals surface area contributed by atoms with Crippen molar-refractivity contribution in [3.63, 3.8) is 0 Å². The highest BCUT2D eigenvalue weighted by atomic mass is 32.2. The third-order valence-corrected chi connectivity index (χ3v) is 6.37. The number of aromatic nitrogens is 4. The molecule has 30 heavy (non-hydrogen) atoms. The van der Waals surface area contributed by atoms with Crippen LogP contribution in [-0.2, 0) is 17.1 Å². The van der Waals surface area contributed by atoms with Crippen LogP contribution in [0.3, 0.4) is 0 Å². The topological polar surface area (TPSA) is 81.3 Å². The Bertz CT molecular complexity index is 1350. The first-order valence-corrected chi connectivity index (χ1v) is 11.3. The summed E-state index contributed by atoms with van der Waals surface area (Å²) in [4.78, 5) is 9.04. The number of nitrogens with one attached hydrogen (secondary N) is 1. The van der Waals surface area contributed by atoms with Crippen molar-refractivity contribution in [3.8, 4) is 11.3 Å². The van der Waals surface area contributed by atoms with Crippen LogP contribution in [0.5, 0.6) is 0 Å². The lowest BCUT2D eigenvalue weighted by atomic mass is 10.1. The number of pyridine rings is 1. The summed E-state index contributed by atoms with van der Waals surface area (Å²) < 4.78 is 32.4. The number of nitrogens with zero attached hydrogens (tertiary/aromatic N) is 4. The molecule has 4 rings (SSSR count). The Labute approximate surface area is 176 Å². The summed E-state index contributed by atoms with van der Waals surface area (Å²) in [7, 11) is -2.00. The average Bonchev–Trinajstić information content (AvgIpc) is 3.28. The van der Waals surface area contributed by atoms with Crippen molar-refractivity contribution < 1.29 is 8.42 Å². The van der Waals surface area contributed by atoms with E-state index in [1.54, 1.807) is 17.8 Å². The van der Waals surface area contributed by atoms with Crippen molar-refractivity contribution in [1.82, 2.24) is 18.9 Å². The lowest BCUT2D eigenvalue weighted by molar-refractivity contribution is 0.597. The Kier molecular flexibility index (Phi) is 4.89. The maximum Gasteiger partial charge on any atom is 0.280 e. The second-order valence-corrected chi connectivity index (χ2v) is 9.52. The fraction of sp³-hybridized carbons (Fsp3) is 0.273. The van der Waals surface area contributed by atoms with Gasteiger partial charge >= 0.3 is 0 Å². The molecule has 8 heteroatoms. The summed E-state index contributed by atoms with van der Waals surface area (Å²) in [6, 6.07) is 9.64. The van der Waals surface area contributed by atoms with Gasteiger partial charge in [-0.3, -0.25) is 4.72 Å². The summed E-state index contributed by atoms with van der Waals surface area (Å²) in [6.45, 7) is 7.85. The van der Waals surface area contributed by atoms with Gasteiger partial charge < -0.3 is 8.97 Å². The number of hydrogen-bond acceptors (Lipinski definition) is 4. The molecule has 0 aliphatic heterocycles. The molecule has 0 atom stereocenters.